The van der Waals surface area contributed by atoms with Crippen LogP contribution in [0.2, 0.25) is 0 Å². The molecular weight excluding hydrogens is 372 g/mol. The molecule has 1 saturated heterocycles. The summed E-state index contributed by atoms with van der Waals surface area (Å²) in [4.78, 5) is 31.8. The lowest BCUT2D eigenvalue weighted by atomic mass is 9.88. The Bertz CT molecular complexity index is 842. The van der Waals surface area contributed by atoms with Crippen molar-refractivity contribution in [1.82, 2.24) is 9.88 Å². The number of likely N-dealkylation sites (tertiary alicyclic amines) is 1. The Balaban J connectivity index is 1.40. The van der Waals surface area contributed by atoms with Crippen molar-refractivity contribution in [3.8, 4) is 11.3 Å². The van der Waals surface area contributed by atoms with Crippen molar-refractivity contribution in [1.29, 1.82) is 0 Å². The largest absolute Gasteiger partial charge is 0.375 e. The third-order valence-electron chi connectivity index (χ3n) is 5.76. The minimum Gasteiger partial charge on any atom is -0.375 e. The molecule has 2 fully saturated rings. The maximum Gasteiger partial charge on any atom is 0.247 e. The van der Waals surface area contributed by atoms with Gasteiger partial charge in [0.2, 0.25) is 11.8 Å². The van der Waals surface area contributed by atoms with Gasteiger partial charge in [0.1, 0.15) is 6.04 Å². The van der Waals surface area contributed by atoms with Crippen molar-refractivity contribution in [2.24, 2.45) is 5.92 Å². The monoisotopic (exact) mass is 398 g/mol. The predicted octanol–water partition coefficient (Wildman–Crippen LogP) is 3.90. The second-order valence-corrected chi connectivity index (χ2v) is 8.55. The van der Waals surface area contributed by atoms with Crippen LogP contribution in [0.1, 0.15) is 44.9 Å². The zero-order valence-corrected chi connectivity index (χ0v) is 16.7. The number of carbonyl (C=O) groups is 2. The molecule has 1 aromatic carbocycles. The Hall–Kier alpha value is -2.41. The highest BCUT2D eigenvalue weighted by Crippen LogP contribution is 2.29. The quantitative estimate of drug-likeness (QED) is 0.817. The number of nitrogens with zero attached hydrogens (tertiary/aromatic N) is 2. The lowest BCUT2D eigenvalue weighted by Crippen LogP contribution is -2.46. The summed E-state index contributed by atoms with van der Waals surface area (Å²) in [5.74, 6) is 0.188. The van der Waals surface area contributed by atoms with Gasteiger partial charge in [-0.2, -0.15) is 0 Å². The molecular formula is C21H26N4O2S. The molecule has 4 rings (SSSR count). The Kier molecular flexibility index (Phi) is 5.62. The molecule has 1 aliphatic heterocycles. The van der Waals surface area contributed by atoms with Gasteiger partial charge in [0.05, 0.1) is 5.69 Å². The number of aromatic nitrogens is 1. The van der Waals surface area contributed by atoms with Crippen LogP contribution >= 0.6 is 11.3 Å². The fourth-order valence-electron chi connectivity index (χ4n) is 4.26. The fourth-order valence-corrected chi connectivity index (χ4v) is 4.83. The van der Waals surface area contributed by atoms with E-state index in [0.717, 1.165) is 55.5 Å². The maximum atomic E-state index is 12.9. The molecule has 1 atom stereocenters. The number of anilines is 2. The Morgan fingerprint density at radius 2 is 1.82 bits per heavy atom. The highest BCUT2D eigenvalue weighted by atomic mass is 32.1. The highest BCUT2D eigenvalue weighted by Gasteiger charge is 2.37. The summed E-state index contributed by atoms with van der Waals surface area (Å²) in [5.41, 5.74) is 8.21. The number of hydrogen-bond acceptors (Lipinski definition) is 5. The van der Waals surface area contributed by atoms with Gasteiger partial charge in [-0.3, -0.25) is 9.59 Å². The van der Waals surface area contributed by atoms with E-state index in [1.807, 2.05) is 34.5 Å². The van der Waals surface area contributed by atoms with E-state index in [-0.39, 0.29) is 23.8 Å². The molecule has 2 aliphatic rings. The molecule has 1 aromatic heterocycles. The normalized spacial score (nSPS) is 20.3. The first-order valence-electron chi connectivity index (χ1n) is 10.0. The fraction of sp³-hybridized carbons (Fsp3) is 0.476. The summed E-state index contributed by atoms with van der Waals surface area (Å²) < 4.78 is 0. The van der Waals surface area contributed by atoms with Crippen molar-refractivity contribution in [3.05, 3.63) is 29.6 Å². The van der Waals surface area contributed by atoms with E-state index in [4.69, 9.17) is 5.73 Å². The van der Waals surface area contributed by atoms with Crippen molar-refractivity contribution in [2.45, 2.75) is 51.0 Å². The van der Waals surface area contributed by atoms with E-state index >= 15 is 0 Å². The molecule has 148 valence electrons. The number of hydrogen-bond donors (Lipinski definition) is 2. The zero-order valence-electron chi connectivity index (χ0n) is 15.9. The molecule has 0 unspecified atom stereocenters. The molecule has 1 saturated carbocycles. The Labute approximate surface area is 169 Å². The van der Waals surface area contributed by atoms with Crippen molar-refractivity contribution in [3.63, 3.8) is 0 Å². The standard InChI is InChI=1S/C21H26N4O2S/c22-21-24-17(13-28-21)14-8-10-16(11-9-14)23-19(26)18-7-4-12-25(18)20(27)15-5-2-1-3-6-15/h8-11,13,15,18H,1-7,12H2,(H2,22,24)(H,23,26)/t18-/m1/s1. The van der Waals surface area contributed by atoms with Gasteiger partial charge >= 0.3 is 0 Å². The summed E-state index contributed by atoms with van der Waals surface area (Å²) in [7, 11) is 0. The van der Waals surface area contributed by atoms with Crippen LogP contribution in [0, 0.1) is 5.92 Å². The smallest absolute Gasteiger partial charge is 0.247 e. The van der Waals surface area contributed by atoms with Gasteiger partial charge in [-0.05, 0) is 37.8 Å². The third kappa shape index (κ3) is 4.04. The number of benzene rings is 1. The van der Waals surface area contributed by atoms with Gasteiger partial charge in [-0.15, -0.1) is 11.3 Å². The number of carbonyl (C=O) groups excluding carboxylic acids is 2. The molecule has 7 heteroatoms. The first-order valence-corrected chi connectivity index (χ1v) is 10.9. The minimum atomic E-state index is -0.354. The Morgan fingerprint density at radius 3 is 2.50 bits per heavy atom. The van der Waals surface area contributed by atoms with Crippen LogP contribution in [-0.2, 0) is 9.59 Å². The molecule has 0 radical (unpaired) electrons. The summed E-state index contributed by atoms with van der Waals surface area (Å²) in [6, 6.07) is 7.22. The molecule has 0 spiro atoms. The lowest BCUT2D eigenvalue weighted by molar-refractivity contribution is -0.141. The number of nitrogens with two attached hydrogens (primary N) is 1. The number of nitrogens with one attached hydrogen (secondary N) is 1. The van der Waals surface area contributed by atoms with Crippen LogP contribution in [0.3, 0.4) is 0 Å². The van der Waals surface area contributed by atoms with Gasteiger partial charge < -0.3 is 16.0 Å². The summed E-state index contributed by atoms with van der Waals surface area (Å²) in [6.07, 6.45) is 7.02. The van der Waals surface area contributed by atoms with Gasteiger partial charge in [-0.1, -0.05) is 31.4 Å². The van der Waals surface area contributed by atoms with Crippen LogP contribution in [-0.4, -0.2) is 34.3 Å². The van der Waals surface area contributed by atoms with Crippen molar-refractivity contribution >= 4 is 34.0 Å². The second kappa shape index (κ2) is 8.31. The molecule has 28 heavy (non-hydrogen) atoms. The molecule has 3 N–H and O–H groups in total. The summed E-state index contributed by atoms with van der Waals surface area (Å²) in [6.45, 7) is 0.692. The number of thiazole rings is 1. The second-order valence-electron chi connectivity index (χ2n) is 7.66. The van der Waals surface area contributed by atoms with E-state index in [2.05, 4.69) is 10.3 Å². The average Bonchev–Trinajstić information content (AvgIpc) is 3.38. The zero-order chi connectivity index (χ0) is 19.5. The van der Waals surface area contributed by atoms with Gasteiger partial charge in [0.15, 0.2) is 5.13 Å². The molecule has 2 heterocycles. The van der Waals surface area contributed by atoms with Crippen LogP contribution < -0.4 is 11.1 Å². The molecule has 6 nitrogen and oxygen atoms in total. The van der Waals surface area contributed by atoms with E-state index in [1.165, 1.54) is 17.8 Å². The van der Waals surface area contributed by atoms with Crippen LogP contribution in [0.5, 0.6) is 0 Å². The topological polar surface area (TPSA) is 88.3 Å². The molecule has 1 aliphatic carbocycles. The summed E-state index contributed by atoms with van der Waals surface area (Å²) in [5, 5.41) is 5.43. The van der Waals surface area contributed by atoms with Gasteiger partial charge in [-0.25, -0.2) is 4.98 Å². The first-order chi connectivity index (χ1) is 13.6. The summed E-state index contributed by atoms with van der Waals surface area (Å²) >= 11 is 1.40. The number of rotatable bonds is 4. The number of nitrogen functional groups attached to an aromatic ring is 1. The van der Waals surface area contributed by atoms with E-state index in [1.54, 1.807) is 0 Å². The van der Waals surface area contributed by atoms with Gasteiger partial charge in [0.25, 0.3) is 0 Å². The SMILES string of the molecule is Nc1nc(-c2ccc(NC(=O)[C@H]3CCCN3C(=O)C3CCCCC3)cc2)cs1. The first kappa shape index (κ1) is 18.9. The average molecular weight is 399 g/mol. The lowest BCUT2D eigenvalue weighted by Gasteiger charge is -2.30. The van der Waals surface area contributed by atoms with Crippen LogP contribution in [0.15, 0.2) is 29.6 Å². The maximum absolute atomic E-state index is 12.9. The third-order valence-corrected chi connectivity index (χ3v) is 6.44. The van der Waals surface area contributed by atoms with Gasteiger partial charge in [0, 0.05) is 29.1 Å². The van der Waals surface area contributed by atoms with Crippen LogP contribution in [0.4, 0.5) is 10.8 Å². The molecule has 0 bridgehead atoms. The van der Waals surface area contributed by atoms with E-state index in [9.17, 15) is 9.59 Å². The predicted molar refractivity (Wildman–Crippen MR) is 112 cm³/mol. The molecule has 2 amide bonds. The molecule has 2 aromatic rings. The number of amides is 2. The highest BCUT2D eigenvalue weighted by molar-refractivity contribution is 7.13. The Morgan fingerprint density at radius 1 is 1.07 bits per heavy atom. The van der Waals surface area contributed by atoms with Crippen molar-refractivity contribution in [2.75, 3.05) is 17.6 Å². The van der Waals surface area contributed by atoms with Crippen LogP contribution in [0.25, 0.3) is 11.3 Å². The minimum absolute atomic E-state index is 0.0905. The van der Waals surface area contributed by atoms with E-state index in [0.29, 0.717) is 11.7 Å². The van der Waals surface area contributed by atoms with Crippen molar-refractivity contribution < 1.29 is 9.59 Å². The van der Waals surface area contributed by atoms with E-state index < -0.39 is 0 Å².